The Morgan fingerprint density at radius 2 is 1.72 bits per heavy atom. The van der Waals surface area contributed by atoms with E-state index in [1.54, 1.807) is 0 Å². The van der Waals surface area contributed by atoms with Gasteiger partial charge >= 0.3 is 0 Å². The number of fused-ring (bicyclic) bond motifs is 2. The molecule has 2 rings (SSSR count). The summed E-state index contributed by atoms with van der Waals surface area (Å²) in [6, 6.07) is 0.832. The van der Waals surface area contributed by atoms with Crippen LogP contribution in [0.3, 0.4) is 0 Å². The third-order valence-corrected chi connectivity index (χ3v) is 5.96. The summed E-state index contributed by atoms with van der Waals surface area (Å²) >= 11 is 0. The van der Waals surface area contributed by atoms with E-state index in [-0.39, 0.29) is 5.91 Å². The second kappa shape index (κ2) is 9.59. The van der Waals surface area contributed by atoms with Crippen LogP contribution in [0.5, 0.6) is 0 Å². The second-order valence-electron chi connectivity index (χ2n) is 8.86. The third kappa shape index (κ3) is 6.00. The fraction of sp³-hybridized carbons (Fsp3) is 0.905. The number of carbonyl (C=O) groups is 2. The van der Waals surface area contributed by atoms with Crippen molar-refractivity contribution in [3.8, 4) is 0 Å². The molecule has 2 heterocycles. The van der Waals surface area contributed by atoms with Crippen molar-refractivity contribution >= 4 is 11.8 Å². The first-order chi connectivity index (χ1) is 11.9. The number of hydrogen-bond donors (Lipinski definition) is 1. The maximum absolute atomic E-state index is 12.6. The minimum atomic E-state index is 0.198. The van der Waals surface area contributed by atoms with Crippen LogP contribution in [0.1, 0.15) is 85.5 Å². The summed E-state index contributed by atoms with van der Waals surface area (Å²) in [6.45, 7) is 9.47. The Morgan fingerprint density at radius 1 is 1.08 bits per heavy atom. The van der Waals surface area contributed by atoms with Crippen LogP contribution in [0.15, 0.2) is 0 Å². The van der Waals surface area contributed by atoms with Gasteiger partial charge in [-0.2, -0.15) is 0 Å². The molecule has 0 saturated carbocycles. The molecule has 0 aliphatic carbocycles. The number of hydrogen-bond acceptors (Lipinski definition) is 2. The predicted molar refractivity (Wildman–Crippen MR) is 102 cm³/mol. The van der Waals surface area contributed by atoms with Gasteiger partial charge in [-0.1, -0.05) is 40.5 Å². The molecule has 2 amide bonds. The molecule has 0 aromatic rings. The van der Waals surface area contributed by atoms with Gasteiger partial charge in [0.1, 0.15) is 0 Å². The molecular formula is C21H38N2O2. The predicted octanol–water partition coefficient (Wildman–Crippen LogP) is 4.13. The Kier molecular flexibility index (Phi) is 7.77. The van der Waals surface area contributed by atoms with E-state index in [0.29, 0.717) is 48.6 Å². The molecule has 0 aromatic carbocycles. The maximum Gasteiger partial charge on any atom is 0.223 e. The van der Waals surface area contributed by atoms with E-state index in [2.05, 4.69) is 37.9 Å². The van der Waals surface area contributed by atoms with Gasteiger partial charge in [-0.05, 0) is 49.9 Å². The van der Waals surface area contributed by atoms with Crippen LogP contribution >= 0.6 is 0 Å². The van der Waals surface area contributed by atoms with Crippen LogP contribution in [0.4, 0.5) is 0 Å². The smallest absolute Gasteiger partial charge is 0.223 e. The average molecular weight is 351 g/mol. The highest BCUT2D eigenvalue weighted by molar-refractivity contribution is 5.77. The highest BCUT2D eigenvalue weighted by Crippen LogP contribution is 2.39. The van der Waals surface area contributed by atoms with Crippen LogP contribution in [-0.2, 0) is 9.59 Å². The molecule has 0 aromatic heterocycles. The second-order valence-corrected chi connectivity index (χ2v) is 8.86. The van der Waals surface area contributed by atoms with Gasteiger partial charge in [0, 0.05) is 31.5 Å². The number of piperidine rings is 1. The topological polar surface area (TPSA) is 49.4 Å². The molecule has 144 valence electrons. The third-order valence-electron chi connectivity index (χ3n) is 5.96. The zero-order valence-electron chi connectivity index (χ0n) is 16.7. The summed E-state index contributed by atoms with van der Waals surface area (Å²) in [5.74, 6) is 2.16. The lowest BCUT2D eigenvalue weighted by Gasteiger charge is -2.39. The van der Waals surface area contributed by atoms with Crippen molar-refractivity contribution in [3.63, 3.8) is 0 Å². The highest BCUT2D eigenvalue weighted by Gasteiger charge is 2.42. The van der Waals surface area contributed by atoms with Crippen molar-refractivity contribution in [2.45, 2.75) is 97.6 Å². The number of carbonyl (C=O) groups excluding carboxylic acids is 2. The lowest BCUT2D eigenvalue weighted by atomic mass is 9.90. The van der Waals surface area contributed by atoms with Crippen molar-refractivity contribution in [3.05, 3.63) is 0 Å². The molecule has 0 radical (unpaired) electrons. The fourth-order valence-corrected chi connectivity index (χ4v) is 4.65. The van der Waals surface area contributed by atoms with E-state index in [0.717, 1.165) is 51.5 Å². The summed E-state index contributed by atoms with van der Waals surface area (Å²) in [7, 11) is 0. The SMILES string of the molecule is CCCC(C)CC(=O)NCC1C[C@H]2CC[C@@H](C1)N2C(=O)CCC(C)C. The Balaban J connectivity index is 1.75. The van der Waals surface area contributed by atoms with Gasteiger partial charge < -0.3 is 10.2 Å². The van der Waals surface area contributed by atoms with Crippen molar-refractivity contribution in [1.29, 1.82) is 0 Å². The van der Waals surface area contributed by atoms with E-state index in [1.807, 2.05) is 0 Å². The molecule has 2 saturated heterocycles. The quantitative estimate of drug-likeness (QED) is 0.679. The Bertz CT molecular complexity index is 435. The summed E-state index contributed by atoms with van der Waals surface area (Å²) in [6.07, 6.45) is 9.02. The molecule has 2 unspecified atom stereocenters. The minimum Gasteiger partial charge on any atom is -0.356 e. The Morgan fingerprint density at radius 3 is 2.28 bits per heavy atom. The normalized spacial score (nSPS) is 26.8. The fourth-order valence-electron chi connectivity index (χ4n) is 4.65. The monoisotopic (exact) mass is 350 g/mol. The van der Waals surface area contributed by atoms with Gasteiger partial charge in [-0.25, -0.2) is 0 Å². The first kappa shape index (κ1) is 20.3. The lowest BCUT2D eigenvalue weighted by Crippen LogP contribution is -2.48. The molecule has 4 heteroatoms. The van der Waals surface area contributed by atoms with Gasteiger partial charge in [0.25, 0.3) is 0 Å². The van der Waals surface area contributed by atoms with Gasteiger partial charge in [0.05, 0.1) is 0 Å². The molecule has 4 atom stereocenters. The maximum atomic E-state index is 12.6. The van der Waals surface area contributed by atoms with Gasteiger partial charge in [-0.3, -0.25) is 9.59 Å². The first-order valence-corrected chi connectivity index (χ1v) is 10.5. The van der Waals surface area contributed by atoms with Gasteiger partial charge in [-0.15, -0.1) is 0 Å². The van der Waals surface area contributed by atoms with Crippen LogP contribution in [-0.4, -0.2) is 35.3 Å². The van der Waals surface area contributed by atoms with Crippen molar-refractivity contribution in [1.82, 2.24) is 10.2 Å². The van der Waals surface area contributed by atoms with E-state index in [9.17, 15) is 9.59 Å². The Labute approximate surface area is 154 Å². The molecular weight excluding hydrogens is 312 g/mol. The molecule has 1 N–H and O–H groups in total. The van der Waals surface area contributed by atoms with E-state index >= 15 is 0 Å². The minimum absolute atomic E-state index is 0.198. The van der Waals surface area contributed by atoms with Crippen LogP contribution in [0.2, 0.25) is 0 Å². The molecule has 2 bridgehead atoms. The standard InChI is InChI=1S/C21H38N2O2/c1-5-6-16(4)11-20(24)22-14-17-12-18-8-9-19(13-17)23(18)21(25)10-7-15(2)3/h15-19H,5-14H2,1-4H3,(H,22,24)/t16?,17?,18-,19+. The summed E-state index contributed by atoms with van der Waals surface area (Å²) in [5.41, 5.74) is 0. The van der Waals surface area contributed by atoms with E-state index in [4.69, 9.17) is 0 Å². The largest absolute Gasteiger partial charge is 0.356 e. The number of rotatable bonds is 9. The van der Waals surface area contributed by atoms with Crippen molar-refractivity contribution < 1.29 is 9.59 Å². The molecule has 4 nitrogen and oxygen atoms in total. The number of nitrogens with one attached hydrogen (secondary N) is 1. The molecule has 0 spiro atoms. The molecule has 2 fully saturated rings. The van der Waals surface area contributed by atoms with Gasteiger partial charge in [0.2, 0.25) is 11.8 Å². The first-order valence-electron chi connectivity index (χ1n) is 10.5. The van der Waals surface area contributed by atoms with Crippen LogP contribution in [0, 0.1) is 17.8 Å². The van der Waals surface area contributed by atoms with E-state index in [1.165, 1.54) is 0 Å². The summed E-state index contributed by atoms with van der Waals surface area (Å²) in [5, 5.41) is 3.15. The van der Waals surface area contributed by atoms with Gasteiger partial charge in [0.15, 0.2) is 0 Å². The van der Waals surface area contributed by atoms with Crippen molar-refractivity contribution in [2.75, 3.05) is 6.54 Å². The van der Waals surface area contributed by atoms with Crippen LogP contribution < -0.4 is 5.32 Å². The molecule has 2 aliphatic rings. The zero-order valence-corrected chi connectivity index (χ0v) is 16.7. The number of nitrogens with zero attached hydrogens (tertiary/aromatic N) is 1. The van der Waals surface area contributed by atoms with E-state index < -0.39 is 0 Å². The molecule has 2 aliphatic heterocycles. The Hall–Kier alpha value is -1.06. The lowest BCUT2D eigenvalue weighted by molar-refractivity contribution is -0.137. The highest BCUT2D eigenvalue weighted by atomic mass is 16.2. The summed E-state index contributed by atoms with van der Waals surface area (Å²) < 4.78 is 0. The zero-order chi connectivity index (χ0) is 18.4. The van der Waals surface area contributed by atoms with Crippen LogP contribution in [0.25, 0.3) is 0 Å². The average Bonchev–Trinajstić information content (AvgIpc) is 2.81. The molecule has 25 heavy (non-hydrogen) atoms. The number of amides is 2. The van der Waals surface area contributed by atoms with Crippen molar-refractivity contribution in [2.24, 2.45) is 17.8 Å². The summed E-state index contributed by atoms with van der Waals surface area (Å²) in [4.78, 5) is 26.9.